The van der Waals surface area contributed by atoms with Crippen LogP contribution in [0.3, 0.4) is 0 Å². The molecule has 0 saturated heterocycles. The van der Waals surface area contributed by atoms with Crippen molar-refractivity contribution in [2.24, 2.45) is 9.98 Å². The highest BCUT2D eigenvalue weighted by molar-refractivity contribution is 6.61. The average Bonchev–Trinajstić information content (AvgIpc) is 3.38. The third-order valence-corrected chi connectivity index (χ3v) is 9.45. The van der Waals surface area contributed by atoms with E-state index in [9.17, 15) is 8.78 Å². The van der Waals surface area contributed by atoms with Crippen LogP contribution in [0.15, 0.2) is 119 Å². The van der Waals surface area contributed by atoms with Crippen molar-refractivity contribution in [2.45, 2.75) is 53.4 Å². The van der Waals surface area contributed by atoms with Gasteiger partial charge in [-0.15, -0.1) is 0 Å². The first-order chi connectivity index (χ1) is 23.2. The van der Waals surface area contributed by atoms with E-state index in [4.69, 9.17) is 9.98 Å². The van der Waals surface area contributed by atoms with Gasteiger partial charge >= 0.3 is 0 Å². The lowest BCUT2D eigenvalue weighted by molar-refractivity contribution is 0.626. The van der Waals surface area contributed by atoms with Crippen LogP contribution in [-0.4, -0.2) is 11.4 Å². The molecular formula is C44H38F2N2. The molecular weight excluding hydrogens is 594 g/mol. The topological polar surface area (TPSA) is 24.7 Å². The molecule has 0 saturated carbocycles. The van der Waals surface area contributed by atoms with Crippen molar-refractivity contribution in [3.8, 4) is 0 Å². The van der Waals surface area contributed by atoms with Gasteiger partial charge in [-0.25, -0.2) is 18.8 Å². The van der Waals surface area contributed by atoms with E-state index in [0.29, 0.717) is 0 Å². The van der Waals surface area contributed by atoms with Gasteiger partial charge in [0.25, 0.3) is 0 Å². The van der Waals surface area contributed by atoms with Crippen molar-refractivity contribution in [1.29, 1.82) is 0 Å². The normalized spacial score (nSPS) is 14.2. The van der Waals surface area contributed by atoms with Crippen LogP contribution in [0.25, 0.3) is 10.8 Å². The number of hydrogen-bond acceptors (Lipinski definition) is 2. The van der Waals surface area contributed by atoms with Gasteiger partial charge in [-0.05, 0) is 96.6 Å². The number of nitrogens with zero attached hydrogens (tertiary/aromatic N) is 2. The molecule has 0 fully saturated rings. The number of benzene rings is 6. The zero-order valence-electron chi connectivity index (χ0n) is 28.0. The van der Waals surface area contributed by atoms with Gasteiger partial charge in [0, 0.05) is 22.4 Å². The summed E-state index contributed by atoms with van der Waals surface area (Å²) in [5.41, 5.74) is 14.3. The van der Waals surface area contributed by atoms with Gasteiger partial charge in [0.15, 0.2) is 0 Å². The number of aliphatic imine (C=N–C) groups is 2. The Labute approximate surface area is 281 Å². The molecule has 0 spiro atoms. The molecule has 0 N–H and O–H groups in total. The third-order valence-electron chi connectivity index (χ3n) is 9.45. The lowest BCUT2D eigenvalue weighted by Gasteiger charge is -2.23. The highest BCUT2D eigenvalue weighted by Gasteiger charge is 2.30. The fourth-order valence-corrected chi connectivity index (χ4v) is 7.29. The predicted octanol–water partition coefficient (Wildman–Crippen LogP) is 11.6. The molecule has 4 heteroatoms. The highest BCUT2D eigenvalue weighted by Crippen LogP contribution is 2.42. The van der Waals surface area contributed by atoms with Crippen molar-refractivity contribution in [3.05, 3.63) is 176 Å². The minimum atomic E-state index is -0.306. The van der Waals surface area contributed by atoms with E-state index < -0.39 is 0 Å². The molecule has 0 bridgehead atoms. The molecule has 238 valence electrons. The van der Waals surface area contributed by atoms with Crippen LogP contribution in [0.2, 0.25) is 0 Å². The Bertz CT molecular complexity index is 2170. The molecule has 0 aliphatic heterocycles. The van der Waals surface area contributed by atoms with Crippen molar-refractivity contribution >= 4 is 33.6 Å². The quantitative estimate of drug-likeness (QED) is 0.156. The van der Waals surface area contributed by atoms with Crippen LogP contribution in [-0.2, 0) is 12.8 Å². The molecule has 6 aromatic carbocycles. The summed E-state index contributed by atoms with van der Waals surface area (Å²) in [6.45, 7) is 10.7. The molecule has 2 nitrogen and oxygen atoms in total. The summed E-state index contributed by atoms with van der Waals surface area (Å²) in [5, 5.41) is 2.30. The average molecular weight is 633 g/mol. The fraction of sp³-hybridized carbons (Fsp3) is 0.182. The van der Waals surface area contributed by atoms with E-state index >= 15 is 0 Å². The summed E-state index contributed by atoms with van der Waals surface area (Å²) < 4.78 is 28.4. The smallest absolute Gasteiger partial charge is 0.123 e. The first-order valence-electron chi connectivity index (χ1n) is 16.7. The first-order valence-corrected chi connectivity index (χ1v) is 16.7. The van der Waals surface area contributed by atoms with Crippen molar-refractivity contribution in [2.75, 3.05) is 0 Å². The molecule has 1 aliphatic carbocycles. The Morgan fingerprint density at radius 3 is 1.54 bits per heavy atom. The van der Waals surface area contributed by atoms with Gasteiger partial charge in [-0.1, -0.05) is 110 Å². The lowest BCUT2D eigenvalue weighted by Crippen LogP contribution is -2.12. The van der Waals surface area contributed by atoms with Crippen LogP contribution in [0.5, 0.6) is 0 Å². The molecule has 0 unspecified atom stereocenters. The van der Waals surface area contributed by atoms with Crippen LogP contribution < -0.4 is 0 Å². The first kappa shape index (κ1) is 31.4. The molecule has 48 heavy (non-hydrogen) atoms. The zero-order valence-corrected chi connectivity index (χ0v) is 28.0. The van der Waals surface area contributed by atoms with Crippen LogP contribution in [0, 0.1) is 32.4 Å². The van der Waals surface area contributed by atoms with E-state index in [2.05, 4.69) is 95.3 Å². The van der Waals surface area contributed by atoms with Crippen LogP contribution >= 0.6 is 0 Å². The largest absolute Gasteiger partial charge is 0.246 e. The van der Waals surface area contributed by atoms with Crippen molar-refractivity contribution in [3.63, 3.8) is 0 Å². The second-order valence-electron chi connectivity index (χ2n) is 12.8. The zero-order chi connectivity index (χ0) is 33.5. The molecule has 1 aliphatic rings. The SMILES string of the molecule is CCc1cc(C)cc(CC)c1N=C1C(=Nc2c(C)cc(C)cc2C(c2ccc(F)cc2)c2ccc(F)cc2)c2cccc3cccc1c23. The summed E-state index contributed by atoms with van der Waals surface area (Å²) in [6, 6.07) is 34.8. The van der Waals surface area contributed by atoms with Gasteiger partial charge in [0.05, 0.1) is 22.8 Å². The van der Waals surface area contributed by atoms with Gasteiger partial charge in [-0.3, -0.25) is 0 Å². The molecule has 0 heterocycles. The maximum Gasteiger partial charge on any atom is 0.123 e. The van der Waals surface area contributed by atoms with Crippen LogP contribution in [0.1, 0.15) is 75.4 Å². The summed E-state index contributed by atoms with van der Waals surface area (Å²) >= 11 is 0. The van der Waals surface area contributed by atoms with Crippen molar-refractivity contribution < 1.29 is 8.78 Å². The summed E-state index contributed by atoms with van der Waals surface area (Å²) in [5.74, 6) is -0.909. The van der Waals surface area contributed by atoms with E-state index in [0.717, 1.165) is 85.4 Å². The molecule has 0 atom stereocenters. The van der Waals surface area contributed by atoms with Gasteiger partial charge in [0.2, 0.25) is 0 Å². The Morgan fingerprint density at radius 2 is 1.04 bits per heavy atom. The number of halogens is 2. The number of hydrogen-bond donors (Lipinski definition) is 0. The Kier molecular flexibility index (Phi) is 8.35. The van der Waals surface area contributed by atoms with Crippen molar-refractivity contribution in [1.82, 2.24) is 0 Å². The number of rotatable bonds is 7. The molecule has 7 rings (SSSR count). The van der Waals surface area contributed by atoms with Gasteiger partial charge < -0.3 is 0 Å². The minimum absolute atomic E-state index is 0.302. The maximum atomic E-state index is 14.2. The fourth-order valence-electron chi connectivity index (χ4n) is 7.29. The minimum Gasteiger partial charge on any atom is -0.246 e. The predicted molar refractivity (Wildman–Crippen MR) is 196 cm³/mol. The number of aryl methyl sites for hydroxylation is 5. The summed E-state index contributed by atoms with van der Waals surface area (Å²) in [6.07, 6.45) is 1.76. The summed E-state index contributed by atoms with van der Waals surface area (Å²) in [4.78, 5) is 11.1. The van der Waals surface area contributed by atoms with E-state index in [-0.39, 0.29) is 17.6 Å². The standard InChI is InChI=1S/C44H38F2N2/c1-6-29-23-27(4)24-30(7-2)42(29)48-44-37-13-9-11-31-10-8-12-36(40(31)37)43(44)47-41-28(5)22-26(3)25-38(41)39(32-14-18-34(45)19-15-32)33-16-20-35(46)21-17-33/h8-25,39H,6-7H2,1-5H3. The second kappa shape index (κ2) is 12.8. The molecule has 0 radical (unpaired) electrons. The van der Waals surface area contributed by atoms with Gasteiger partial charge in [-0.2, -0.15) is 0 Å². The Morgan fingerprint density at radius 1 is 0.562 bits per heavy atom. The molecule has 0 amide bonds. The molecule has 0 aromatic heterocycles. The third kappa shape index (κ3) is 5.66. The van der Waals surface area contributed by atoms with E-state index in [1.165, 1.54) is 41.0 Å². The summed E-state index contributed by atoms with van der Waals surface area (Å²) in [7, 11) is 0. The van der Waals surface area contributed by atoms with E-state index in [1.807, 2.05) is 24.3 Å². The molecule has 6 aromatic rings. The Balaban J connectivity index is 1.53. The monoisotopic (exact) mass is 632 g/mol. The lowest BCUT2D eigenvalue weighted by atomic mass is 9.82. The van der Waals surface area contributed by atoms with Crippen LogP contribution in [0.4, 0.5) is 20.2 Å². The Hall–Kier alpha value is -5.22. The van der Waals surface area contributed by atoms with E-state index in [1.54, 1.807) is 0 Å². The maximum absolute atomic E-state index is 14.2. The van der Waals surface area contributed by atoms with Gasteiger partial charge in [0.1, 0.15) is 11.6 Å². The second-order valence-corrected chi connectivity index (χ2v) is 12.8. The highest BCUT2D eigenvalue weighted by atomic mass is 19.1.